The minimum atomic E-state index is -3.94. The molecule has 0 amide bonds. The first-order chi connectivity index (χ1) is 7.02. The summed E-state index contributed by atoms with van der Waals surface area (Å²) in [5.41, 5.74) is 0.711. The molecular weight excluding hydrogens is 208 g/mol. The third-order valence-corrected chi connectivity index (χ3v) is 1.82. The lowest BCUT2D eigenvalue weighted by molar-refractivity contribution is -0.125. The Morgan fingerprint density at radius 1 is 1.13 bits per heavy atom. The van der Waals surface area contributed by atoms with Crippen LogP contribution >= 0.6 is 0 Å². The molecule has 0 nitrogen and oxygen atoms in total. The highest BCUT2D eigenvalue weighted by molar-refractivity contribution is 5.48. The summed E-state index contributed by atoms with van der Waals surface area (Å²) in [5.74, 6) is -3.94. The van der Waals surface area contributed by atoms with E-state index in [1.54, 1.807) is 30.3 Å². The second-order valence-electron chi connectivity index (χ2n) is 3.08. The molecule has 82 valence electrons. The van der Waals surface area contributed by atoms with Gasteiger partial charge in [-0.05, 0) is 5.56 Å². The van der Waals surface area contributed by atoms with E-state index in [0.717, 1.165) is 6.08 Å². The minimum Gasteiger partial charge on any atom is -0.204 e. The molecule has 0 heterocycles. The van der Waals surface area contributed by atoms with Crippen molar-refractivity contribution >= 4 is 6.08 Å². The molecule has 0 saturated heterocycles. The first-order valence-corrected chi connectivity index (χ1v) is 4.40. The summed E-state index contributed by atoms with van der Waals surface area (Å²) in [6.45, 7) is 0. The molecule has 0 aliphatic heterocycles. The van der Waals surface area contributed by atoms with Crippen LogP contribution in [0.5, 0.6) is 0 Å². The predicted molar refractivity (Wildman–Crippen MR) is 51.0 cm³/mol. The van der Waals surface area contributed by atoms with Gasteiger partial charge in [-0.25, -0.2) is 8.78 Å². The molecule has 0 aliphatic carbocycles. The molecule has 0 saturated carbocycles. The number of hydrogen-bond donors (Lipinski definition) is 0. The lowest BCUT2D eigenvalue weighted by Gasteiger charge is -2.11. The van der Waals surface area contributed by atoms with Crippen LogP contribution in [0.15, 0.2) is 36.4 Å². The highest BCUT2D eigenvalue weighted by Crippen LogP contribution is 2.27. The van der Waals surface area contributed by atoms with Crippen molar-refractivity contribution in [3.05, 3.63) is 42.0 Å². The number of rotatable bonds is 4. The summed E-state index contributed by atoms with van der Waals surface area (Å²) in [7, 11) is 0. The van der Waals surface area contributed by atoms with Crippen molar-refractivity contribution in [3.63, 3.8) is 0 Å². The molecule has 1 aromatic rings. The van der Waals surface area contributed by atoms with E-state index in [0.29, 0.717) is 5.56 Å². The van der Waals surface area contributed by atoms with Gasteiger partial charge in [0.15, 0.2) is 0 Å². The normalized spacial score (nSPS) is 12.6. The standard InChI is InChI=1S/C11H10F4/c12-10(13)11(14,15)8-4-7-9-5-2-1-3-6-9/h1-7,10H,8H2. The van der Waals surface area contributed by atoms with Crippen LogP contribution in [-0.4, -0.2) is 12.3 Å². The quantitative estimate of drug-likeness (QED) is 0.670. The third-order valence-electron chi connectivity index (χ3n) is 1.82. The predicted octanol–water partition coefficient (Wildman–Crippen LogP) is 3.99. The van der Waals surface area contributed by atoms with Gasteiger partial charge in [-0.15, -0.1) is 0 Å². The first-order valence-electron chi connectivity index (χ1n) is 4.40. The fraction of sp³-hybridized carbons (Fsp3) is 0.273. The lowest BCUT2D eigenvalue weighted by atomic mass is 10.1. The van der Waals surface area contributed by atoms with E-state index in [9.17, 15) is 17.6 Å². The van der Waals surface area contributed by atoms with Crippen molar-refractivity contribution in [1.29, 1.82) is 0 Å². The molecule has 0 bridgehead atoms. The molecule has 4 heteroatoms. The molecule has 0 aromatic heterocycles. The summed E-state index contributed by atoms with van der Waals surface area (Å²) in [6, 6.07) is 8.68. The van der Waals surface area contributed by atoms with E-state index in [2.05, 4.69) is 0 Å². The molecule has 1 aromatic carbocycles. The second kappa shape index (κ2) is 4.96. The van der Waals surface area contributed by atoms with Gasteiger partial charge < -0.3 is 0 Å². The third kappa shape index (κ3) is 3.73. The Labute approximate surface area is 85.2 Å². The van der Waals surface area contributed by atoms with E-state index in [1.165, 1.54) is 6.08 Å². The maximum absolute atomic E-state index is 12.4. The fourth-order valence-corrected chi connectivity index (χ4v) is 1.01. The number of alkyl halides is 4. The Kier molecular flexibility index (Phi) is 3.88. The van der Waals surface area contributed by atoms with Gasteiger partial charge in [-0.2, -0.15) is 8.78 Å². The van der Waals surface area contributed by atoms with Crippen molar-refractivity contribution in [2.45, 2.75) is 18.8 Å². The molecule has 0 aliphatic rings. The average molecular weight is 218 g/mol. The van der Waals surface area contributed by atoms with Crippen molar-refractivity contribution < 1.29 is 17.6 Å². The molecule has 15 heavy (non-hydrogen) atoms. The number of hydrogen-bond acceptors (Lipinski definition) is 0. The van der Waals surface area contributed by atoms with E-state index >= 15 is 0 Å². The van der Waals surface area contributed by atoms with Gasteiger partial charge in [-0.3, -0.25) is 0 Å². The maximum Gasteiger partial charge on any atom is 0.310 e. The molecule has 0 atom stereocenters. The van der Waals surface area contributed by atoms with E-state index in [1.807, 2.05) is 0 Å². The van der Waals surface area contributed by atoms with Gasteiger partial charge in [0, 0.05) is 6.42 Å². The smallest absolute Gasteiger partial charge is 0.204 e. The van der Waals surface area contributed by atoms with Crippen LogP contribution in [0.25, 0.3) is 6.08 Å². The highest BCUT2D eigenvalue weighted by atomic mass is 19.3. The summed E-state index contributed by atoms with van der Waals surface area (Å²) in [6.07, 6.45) is -2.10. The van der Waals surface area contributed by atoms with Crippen LogP contribution < -0.4 is 0 Å². The van der Waals surface area contributed by atoms with Gasteiger partial charge >= 0.3 is 12.3 Å². The van der Waals surface area contributed by atoms with E-state index in [4.69, 9.17) is 0 Å². The van der Waals surface area contributed by atoms with E-state index < -0.39 is 18.8 Å². The first kappa shape index (κ1) is 11.8. The van der Waals surface area contributed by atoms with Crippen LogP contribution in [0.4, 0.5) is 17.6 Å². The molecule has 0 radical (unpaired) electrons. The number of halogens is 4. The average Bonchev–Trinajstić information content (AvgIpc) is 2.19. The Hall–Kier alpha value is -1.32. The molecule has 0 N–H and O–H groups in total. The van der Waals surface area contributed by atoms with Crippen LogP contribution in [0.1, 0.15) is 12.0 Å². The van der Waals surface area contributed by atoms with Gasteiger partial charge in [0.1, 0.15) is 0 Å². The summed E-state index contributed by atoms with van der Waals surface area (Å²) < 4.78 is 48.4. The van der Waals surface area contributed by atoms with Crippen LogP contribution in [0.2, 0.25) is 0 Å². The zero-order valence-electron chi connectivity index (χ0n) is 7.84. The maximum atomic E-state index is 12.4. The molecule has 1 rings (SSSR count). The monoisotopic (exact) mass is 218 g/mol. The zero-order chi connectivity index (χ0) is 11.3. The summed E-state index contributed by atoms with van der Waals surface area (Å²) >= 11 is 0. The van der Waals surface area contributed by atoms with Crippen molar-refractivity contribution in [2.75, 3.05) is 0 Å². The van der Waals surface area contributed by atoms with Gasteiger partial charge in [0.05, 0.1) is 0 Å². The number of benzene rings is 1. The largest absolute Gasteiger partial charge is 0.310 e. The van der Waals surface area contributed by atoms with Gasteiger partial charge in [0.2, 0.25) is 0 Å². The molecular formula is C11H10F4. The minimum absolute atomic E-state index is 0.711. The fourth-order valence-electron chi connectivity index (χ4n) is 1.01. The Bertz CT molecular complexity index is 317. The Morgan fingerprint density at radius 3 is 2.27 bits per heavy atom. The summed E-state index contributed by atoms with van der Waals surface area (Å²) in [5, 5.41) is 0. The van der Waals surface area contributed by atoms with Crippen molar-refractivity contribution in [1.82, 2.24) is 0 Å². The van der Waals surface area contributed by atoms with E-state index in [-0.39, 0.29) is 0 Å². The molecule has 0 unspecified atom stereocenters. The van der Waals surface area contributed by atoms with Crippen molar-refractivity contribution in [3.8, 4) is 0 Å². The Morgan fingerprint density at radius 2 is 1.73 bits per heavy atom. The zero-order valence-corrected chi connectivity index (χ0v) is 7.84. The van der Waals surface area contributed by atoms with Crippen LogP contribution in [-0.2, 0) is 0 Å². The van der Waals surface area contributed by atoms with Crippen molar-refractivity contribution in [2.24, 2.45) is 0 Å². The Balaban J connectivity index is 2.54. The number of allylic oxidation sites excluding steroid dienone is 1. The lowest BCUT2D eigenvalue weighted by Crippen LogP contribution is -2.25. The topological polar surface area (TPSA) is 0 Å². The second-order valence-corrected chi connectivity index (χ2v) is 3.08. The molecule has 0 spiro atoms. The van der Waals surface area contributed by atoms with Gasteiger partial charge in [0.25, 0.3) is 0 Å². The summed E-state index contributed by atoms with van der Waals surface area (Å²) in [4.78, 5) is 0. The van der Waals surface area contributed by atoms with Crippen LogP contribution in [0.3, 0.4) is 0 Å². The highest BCUT2D eigenvalue weighted by Gasteiger charge is 2.38. The van der Waals surface area contributed by atoms with Gasteiger partial charge in [-0.1, -0.05) is 42.5 Å². The molecule has 0 fully saturated rings. The van der Waals surface area contributed by atoms with Crippen LogP contribution in [0, 0.1) is 0 Å². The SMILES string of the molecule is FC(F)C(F)(F)CC=Cc1ccccc1.